The Morgan fingerprint density at radius 3 is 2.26 bits per heavy atom. The Bertz CT molecular complexity index is 406. The molecule has 0 aromatic heterocycles. The Labute approximate surface area is 139 Å². The number of rotatable bonds is 4. The minimum atomic E-state index is 0.135. The molecule has 0 N–H and O–H groups in total. The van der Waals surface area contributed by atoms with Gasteiger partial charge in [-0.2, -0.15) is 0 Å². The second kappa shape index (κ2) is 8.13. The lowest BCUT2D eigenvalue weighted by Gasteiger charge is -2.35. The first-order chi connectivity index (χ1) is 11.2. The van der Waals surface area contributed by atoms with E-state index in [1.165, 1.54) is 6.42 Å². The van der Waals surface area contributed by atoms with Crippen molar-refractivity contribution >= 4 is 11.8 Å². The van der Waals surface area contributed by atoms with E-state index in [-0.39, 0.29) is 17.9 Å². The molecule has 3 aliphatic heterocycles. The molecule has 0 spiro atoms. The average molecular weight is 322 g/mol. The Kier molecular flexibility index (Phi) is 5.92. The van der Waals surface area contributed by atoms with E-state index in [2.05, 4.69) is 0 Å². The fourth-order valence-electron chi connectivity index (χ4n) is 4.06. The zero-order valence-corrected chi connectivity index (χ0v) is 14.2. The van der Waals surface area contributed by atoms with Crippen LogP contribution < -0.4 is 0 Å². The summed E-state index contributed by atoms with van der Waals surface area (Å²) in [4.78, 5) is 28.8. The van der Waals surface area contributed by atoms with Gasteiger partial charge in [0.15, 0.2) is 0 Å². The number of hydrogen-bond acceptors (Lipinski definition) is 3. The molecule has 0 saturated carbocycles. The minimum Gasteiger partial charge on any atom is -0.378 e. The first kappa shape index (κ1) is 16.7. The van der Waals surface area contributed by atoms with Gasteiger partial charge in [-0.05, 0) is 51.4 Å². The summed E-state index contributed by atoms with van der Waals surface area (Å²) in [7, 11) is 0. The van der Waals surface area contributed by atoms with Gasteiger partial charge in [-0.25, -0.2) is 0 Å². The lowest BCUT2D eigenvalue weighted by Crippen LogP contribution is -2.45. The third-order valence-electron chi connectivity index (χ3n) is 5.57. The zero-order valence-electron chi connectivity index (χ0n) is 14.2. The summed E-state index contributed by atoms with van der Waals surface area (Å²) >= 11 is 0. The normalized spacial score (nSPS) is 26.5. The number of hydrogen-bond donors (Lipinski definition) is 0. The Morgan fingerprint density at radius 1 is 0.870 bits per heavy atom. The summed E-state index contributed by atoms with van der Waals surface area (Å²) in [6, 6.07) is 0. The van der Waals surface area contributed by atoms with Crippen LogP contribution in [0.25, 0.3) is 0 Å². The Balaban J connectivity index is 1.38. The predicted molar refractivity (Wildman–Crippen MR) is 87.9 cm³/mol. The molecule has 23 heavy (non-hydrogen) atoms. The quantitative estimate of drug-likeness (QED) is 0.797. The van der Waals surface area contributed by atoms with Gasteiger partial charge in [0.25, 0.3) is 0 Å². The van der Waals surface area contributed by atoms with Gasteiger partial charge in [0, 0.05) is 45.1 Å². The first-order valence-electron chi connectivity index (χ1n) is 9.42. The molecule has 1 atom stereocenters. The van der Waals surface area contributed by atoms with Crippen molar-refractivity contribution in [2.75, 3.05) is 32.8 Å². The Hall–Kier alpha value is -1.10. The SMILES string of the molecule is O=C(CCC1CCCO1)N1CCC(C(=O)N2CCCCC2)CC1. The van der Waals surface area contributed by atoms with Crippen LogP contribution in [-0.4, -0.2) is 60.5 Å². The van der Waals surface area contributed by atoms with Crippen LogP contribution in [0.5, 0.6) is 0 Å². The third-order valence-corrected chi connectivity index (χ3v) is 5.57. The van der Waals surface area contributed by atoms with Gasteiger partial charge in [0.1, 0.15) is 0 Å². The molecule has 1 unspecified atom stereocenters. The standard InChI is InChI=1S/C18H30N2O3/c21-17(7-6-16-5-4-14-23-16)19-12-8-15(9-13-19)18(22)20-10-2-1-3-11-20/h15-16H,1-14H2. The molecule has 0 bridgehead atoms. The van der Waals surface area contributed by atoms with E-state index < -0.39 is 0 Å². The van der Waals surface area contributed by atoms with Crippen LogP contribution in [0.3, 0.4) is 0 Å². The van der Waals surface area contributed by atoms with Gasteiger partial charge in [-0.1, -0.05) is 0 Å². The van der Waals surface area contributed by atoms with Crippen molar-refractivity contribution in [3.05, 3.63) is 0 Å². The highest BCUT2D eigenvalue weighted by atomic mass is 16.5. The maximum atomic E-state index is 12.5. The maximum Gasteiger partial charge on any atom is 0.225 e. The van der Waals surface area contributed by atoms with Gasteiger partial charge >= 0.3 is 0 Å². The van der Waals surface area contributed by atoms with Crippen LogP contribution in [0.15, 0.2) is 0 Å². The molecule has 0 aromatic carbocycles. The molecule has 0 aliphatic carbocycles. The third kappa shape index (κ3) is 4.46. The van der Waals surface area contributed by atoms with E-state index in [9.17, 15) is 9.59 Å². The van der Waals surface area contributed by atoms with Crippen molar-refractivity contribution in [2.24, 2.45) is 5.92 Å². The molecule has 3 heterocycles. The van der Waals surface area contributed by atoms with Gasteiger partial charge in [0.2, 0.25) is 11.8 Å². The number of likely N-dealkylation sites (tertiary alicyclic amines) is 2. The maximum absolute atomic E-state index is 12.5. The zero-order chi connectivity index (χ0) is 16.1. The number of amides is 2. The number of nitrogens with zero attached hydrogens (tertiary/aromatic N) is 2. The molecule has 130 valence electrons. The average Bonchev–Trinajstić information content (AvgIpc) is 3.13. The van der Waals surface area contributed by atoms with E-state index >= 15 is 0 Å². The number of ether oxygens (including phenoxy) is 1. The minimum absolute atomic E-state index is 0.135. The predicted octanol–water partition coefficient (Wildman–Crippen LogP) is 2.20. The largest absolute Gasteiger partial charge is 0.378 e. The molecular formula is C18H30N2O3. The fraction of sp³-hybridized carbons (Fsp3) is 0.889. The number of carbonyl (C=O) groups excluding carboxylic acids is 2. The highest BCUT2D eigenvalue weighted by Gasteiger charge is 2.30. The van der Waals surface area contributed by atoms with E-state index in [1.807, 2.05) is 9.80 Å². The molecule has 3 fully saturated rings. The smallest absolute Gasteiger partial charge is 0.225 e. The summed E-state index contributed by atoms with van der Waals surface area (Å²) in [6.07, 6.45) is 9.17. The van der Waals surface area contributed by atoms with Crippen molar-refractivity contribution < 1.29 is 14.3 Å². The molecule has 5 heteroatoms. The Morgan fingerprint density at radius 2 is 1.61 bits per heavy atom. The van der Waals surface area contributed by atoms with Crippen LogP contribution in [0.1, 0.15) is 57.8 Å². The summed E-state index contributed by atoms with van der Waals surface area (Å²) in [5.74, 6) is 0.704. The first-order valence-corrected chi connectivity index (χ1v) is 9.42. The molecule has 0 aromatic rings. The van der Waals surface area contributed by atoms with Crippen LogP contribution in [0.4, 0.5) is 0 Å². The van der Waals surface area contributed by atoms with Crippen molar-refractivity contribution in [2.45, 2.75) is 63.9 Å². The summed E-state index contributed by atoms with van der Waals surface area (Å²) in [5, 5.41) is 0. The molecule has 3 aliphatic rings. The molecule has 0 radical (unpaired) electrons. The second-order valence-electron chi connectivity index (χ2n) is 7.21. The van der Waals surface area contributed by atoms with Gasteiger partial charge in [-0.3, -0.25) is 9.59 Å². The van der Waals surface area contributed by atoms with Gasteiger partial charge < -0.3 is 14.5 Å². The summed E-state index contributed by atoms with van der Waals surface area (Å²) in [6.45, 7) is 4.20. The van der Waals surface area contributed by atoms with E-state index in [4.69, 9.17) is 4.74 Å². The van der Waals surface area contributed by atoms with Gasteiger partial charge in [0.05, 0.1) is 6.10 Å². The van der Waals surface area contributed by atoms with Crippen LogP contribution in [-0.2, 0) is 14.3 Å². The molecular weight excluding hydrogens is 292 g/mol. The van der Waals surface area contributed by atoms with E-state index in [1.54, 1.807) is 0 Å². The van der Waals surface area contributed by atoms with E-state index in [0.29, 0.717) is 12.3 Å². The van der Waals surface area contributed by atoms with Crippen molar-refractivity contribution in [1.82, 2.24) is 9.80 Å². The molecule has 2 amide bonds. The van der Waals surface area contributed by atoms with E-state index in [0.717, 1.165) is 77.7 Å². The molecule has 3 rings (SSSR count). The topological polar surface area (TPSA) is 49.9 Å². The lowest BCUT2D eigenvalue weighted by atomic mass is 9.94. The highest BCUT2D eigenvalue weighted by Crippen LogP contribution is 2.23. The fourth-order valence-corrected chi connectivity index (χ4v) is 4.06. The molecule has 5 nitrogen and oxygen atoms in total. The second-order valence-corrected chi connectivity index (χ2v) is 7.21. The highest BCUT2D eigenvalue weighted by molar-refractivity contribution is 5.80. The number of piperidine rings is 2. The lowest BCUT2D eigenvalue weighted by molar-refractivity contribution is -0.141. The van der Waals surface area contributed by atoms with Crippen LogP contribution in [0.2, 0.25) is 0 Å². The molecule has 3 saturated heterocycles. The van der Waals surface area contributed by atoms with Crippen molar-refractivity contribution in [1.29, 1.82) is 0 Å². The monoisotopic (exact) mass is 322 g/mol. The van der Waals surface area contributed by atoms with Crippen molar-refractivity contribution in [3.63, 3.8) is 0 Å². The van der Waals surface area contributed by atoms with Gasteiger partial charge in [-0.15, -0.1) is 0 Å². The summed E-state index contributed by atoms with van der Waals surface area (Å²) in [5.41, 5.74) is 0. The van der Waals surface area contributed by atoms with Crippen molar-refractivity contribution in [3.8, 4) is 0 Å². The summed E-state index contributed by atoms with van der Waals surface area (Å²) < 4.78 is 5.59. The van der Waals surface area contributed by atoms with Crippen LogP contribution >= 0.6 is 0 Å². The van der Waals surface area contributed by atoms with Crippen LogP contribution in [0, 0.1) is 5.92 Å². The number of carbonyl (C=O) groups is 2.